The Morgan fingerprint density at radius 3 is 2.23 bits per heavy atom. The third kappa shape index (κ3) is 7.88. The lowest BCUT2D eigenvalue weighted by molar-refractivity contribution is 0.0693. The molecular formula is C35H42N2O7. The number of carboxylic acid groups (broad SMARTS) is 2. The van der Waals surface area contributed by atoms with E-state index in [9.17, 15) is 24.6 Å². The van der Waals surface area contributed by atoms with E-state index in [-0.39, 0.29) is 34.2 Å². The number of ether oxygens (including phenoxy) is 1. The Balaban J connectivity index is 1.11. The summed E-state index contributed by atoms with van der Waals surface area (Å²) in [4.78, 5) is 38.5. The first kappa shape index (κ1) is 31.3. The summed E-state index contributed by atoms with van der Waals surface area (Å²) in [5.74, 6) is -1.91. The maximum atomic E-state index is 13.1. The van der Waals surface area contributed by atoms with Crippen LogP contribution in [0.15, 0.2) is 59.2 Å². The van der Waals surface area contributed by atoms with Crippen molar-refractivity contribution in [3.8, 4) is 16.9 Å². The first-order valence-corrected chi connectivity index (χ1v) is 15.6. The van der Waals surface area contributed by atoms with Crippen molar-refractivity contribution < 1.29 is 33.8 Å². The molecule has 1 saturated carbocycles. The van der Waals surface area contributed by atoms with E-state index in [4.69, 9.17) is 9.15 Å². The van der Waals surface area contributed by atoms with Gasteiger partial charge in [0, 0.05) is 24.7 Å². The first-order chi connectivity index (χ1) is 21.2. The normalized spacial score (nSPS) is 17.2. The van der Waals surface area contributed by atoms with Gasteiger partial charge in [-0.3, -0.25) is 4.79 Å². The summed E-state index contributed by atoms with van der Waals surface area (Å²) in [6.07, 6.45) is 11.1. The summed E-state index contributed by atoms with van der Waals surface area (Å²) in [5.41, 5.74) is 2.89. The number of amides is 1. The maximum absolute atomic E-state index is 13.1. The number of carbonyl (C=O) groups is 3. The molecule has 1 amide bonds. The average Bonchev–Trinajstić information content (AvgIpc) is 3.52. The molecule has 2 aliphatic rings. The van der Waals surface area contributed by atoms with Gasteiger partial charge in [0.05, 0.1) is 24.0 Å². The van der Waals surface area contributed by atoms with Crippen molar-refractivity contribution in [1.29, 1.82) is 0 Å². The number of rotatable bonds is 12. The third-order valence-corrected chi connectivity index (χ3v) is 9.33. The average molecular weight is 603 g/mol. The Labute approximate surface area is 258 Å². The number of nitrogens with one attached hydrogen (secondary N) is 1. The molecule has 0 bridgehead atoms. The van der Waals surface area contributed by atoms with Crippen LogP contribution in [0.5, 0.6) is 5.75 Å². The second-order valence-corrected chi connectivity index (χ2v) is 12.4. The van der Waals surface area contributed by atoms with E-state index in [0.717, 1.165) is 80.9 Å². The second kappa shape index (κ2) is 14.1. The lowest BCUT2D eigenvalue weighted by Gasteiger charge is -2.40. The van der Waals surface area contributed by atoms with Gasteiger partial charge in [-0.1, -0.05) is 49.1 Å². The van der Waals surface area contributed by atoms with E-state index in [1.54, 1.807) is 6.26 Å². The van der Waals surface area contributed by atoms with E-state index in [0.29, 0.717) is 12.4 Å². The van der Waals surface area contributed by atoms with Gasteiger partial charge in [-0.2, -0.15) is 0 Å². The van der Waals surface area contributed by atoms with E-state index in [1.807, 2.05) is 37.3 Å². The van der Waals surface area contributed by atoms with Crippen LogP contribution in [-0.4, -0.2) is 65.2 Å². The van der Waals surface area contributed by atoms with E-state index in [1.165, 1.54) is 31.4 Å². The second-order valence-electron chi connectivity index (χ2n) is 12.4. The summed E-state index contributed by atoms with van der Waals surface area (Å²) in [6, 6.07) is 13.9. The van der Waals surface area contributed by atoms with Gasteiger partial charge in [-0.25, -0.2) is 9.59 Å². The maximum Gasteiger partial charge on any atom is 0.335 e. The molecule has 1 aliphatic heterocycles. The number of aryl methyl sites for hydroxylation is 1. The van der Waals surface area contributed by atoms with Crippen LogP contribution in [0.25, 0.3) is 11.1 Å². The Kier molecular flexibility index (Phi) is 10.0. The van der Waals surface area contributed by atoms with Gasteiger partial charge in [0.15, 0.2) is 5.76 Å². The van der Waals surface area contributed by atoms with Crippen LogP contribution in [-0.2, 0) is 0 Å². The van der Waals surface area contributed by atoms with Crippen molar-refractivity contribution in [3.63, 3.8) is 0 Å². The summed E-state index contributed by atoms with van der Waals surface area (Å²) >= 11 is 0. The van der Waals surface area contributed by atoms with Crippen LogP contribution in [0.4, 0.5) is 0 Å². The van der Waals surface area contributed by atoms with Gasteiger partial charge in [-0.05, 0) is 87.2 Å². The Morgan fingerprint density at radius 1 is 0.932 bits per heavy atom. The van der Waals surface area contributed by atoms with E-state index < -0.39 is 11.9 Å². The van der Waals surface area contributed by atoms with Crippen LogP contribution >= 0.6 is 0 Å². The third-order valence-electron chi connectivity index (χ3n) is 9.33. The van der Waals surface area contributed by atoms with Crippen molar-refractivity contribution in [2.75, 3.05) is 26.2 Å². The zero-order valence-electron chi connectivity index (χ0n) is 25.3. The van der Waals surface area contributed by atoms with Gasteiger partial charge in [0.2, 0.25) is 0 Å². The molecule has 0 spiro atoms. The predicted octanol–water partition coefficient (Wildman–Crippen LogP) is 6.66. The standard InChI is InChI=1S/C35H42N2O7/c1-24-5-7-25(8-6-24)30-11-19-44-31(30)32(38)36-28-9-16-37(17-10-28)18-14-35(12-3-2-4-13-35)15-20-43-29-22-26(33(39)40)21-27(23-29)34(41)42/h5-8,11,19,21-23,28H,2-4,9-10,12-18,20H2,1H3,(H,36,38)(H,39,40)(H,41,42). The van der Waals surface area contributed by atoms with Crippen LogP contribution in [0.2, 0.25) is 0 Å². The van der Waals surface area contributed by atoms with Crippen molar-refractivity contribution >= 4 is 17.8 Å². The summed E-state index contributed by atoms with van der Waals surface area (Å²) in [6.45, 7) is 5.26. The fourth-order valence-corrected chi connectivity index (χ4v) is 6.63. The molecule has 1 aromatic heterocycles. The minimum Gasteiger partial charge on any atom is -0.494 e. The van der Waals surface area contributed by atoms with Gasteiger partial charge in [0.25, 0.3) is 5.91 Å². The number of piperidine rings is 1. The molecule has 5 rings (SSSR count). The monoisotopic (exact) mass is 602 g/mol. The molecule has 44 heavy (non-hydrogen) atoms. The first-order valence-electron chi connectivity index (χ1n) is 15.6. The fraction of sp³-hybridized carbons (Fsp3) is 0.457. The lowest BCUT2D eigenvalue weighted by Crippen LogP contribution is -2.45. The molecule has 2 aromatic carbocycles. The molecule has 1 aliphatic carbocycles. The quantitative estimate of drug-likeness (QED) is 0.210. The Hall–Kier alpha value is -4.11. The van der Waals surface area contributed by atoms with Crippen LogP contribution in [0.3, 0.4) is 0 Å². The van der Waals surface area contributed by atoms with E-state index >= 15 is 0 Å². The molecule has 3 aromatic rings. The minimum atomic E-state index is -1.18. The molecule has 1 saturated heterocycles. The number of hydrogen-bond donors (Lipinski definition) is 3. The molecule has 0 atom stereocenters. The molecule has 2 heterocycles. The Bertz CT molecular complexity index is 1420. The smallest absolute Gasteiger partial charge is 0.335 e. The number of aromatic carboxylic acids is 2. The molecule has 234 valence electrons. The molecule has 2 fully saturated rings. The Morgan fingerprint density at radius 2 is 1.59 bits per heavy atom. The minimum absolute atomic E-state index is 0.0947. The molecular weight excluding hydrogens is 560 g/mol. The van der Waals surface area contributed by atoms with Crippen molar-refractivity contribution in [1.82, 2.24) is 10.2 Å². The highest BCUT2D eigenvalue weighted by Gasteiger charge is 2.33. The summed E-state index contributed by atoms with van der Waals surface area (Å²) in [7, 11) is 0. The lowest BCUT2D eigenvalue weighted by atomic mass is 9.69. The number of likely N-dealkylation sites (tertiary alicyclic amines) is 1. The topological polar surface area (TPSA) is 129 Å². The number of carbonyl (C=O) groups excluding carboxylic acids is 1. The van der Waals surface area contributed by atoms with Crippen LogP contribution < -0.4 is 10.1 Å². The summed E-state index contributed by atoms with van der Waals surface area (Å²) < 4.78 is 11.5. The molecule has 3 N–H and O–H groups in total. The number of furan rings is 1. The number of benzene rings is 2. The number of hydrogen-bond acceptors (Lipinski definition) is 6. The van der Waals surface area contributed by atoms with Crippen LogP contribution in [0.1, 0.15) is 94.6 Å². The van der Waals surface area contributed by atoms with Gasteiger partial charge in [-0.15, -0.1) is 0 Å². The van der Waals surface area contributed by atoms with Crippen molar-refractivity contribution in [2.24, 2.45) is 5.41 Å². The highest BCUT2D eigenvalue weighted by atomic mass is 16.5. The van der Waals surface area contributed by atoms with Crippen LogP contribution in [0, 0.1) is 12.3 Å². The highest BCUT2D eigenvalue weighted by molar-refractivity contribution is 5.98. The van der Waals surface area contributed by atoms with Crippen molar-refractivity contribution in [2.45, 2.75) is 70.8 Å². The van der Waals surface area contributed by atoms with E-state index in [2.05, 4.69) is 10.2 Å². The molecule has 0 unspecified atom stereocenters. The molecule has 9 nitrogen and oxygen atoms in total. The van der Waals surface area contributed by atoms with Gasteiger partial charge in [0.1, 0.15) is 5.75 Å². The SMILES string of the molecule is Cc1ccc(-c2ccoc2C(=O)NC2CCN(CCC3(CCOc4cc(C(=O)O)cc(C(=O)O)c4)CCCCC3)CC2)cc1. The number of nitrogens with zero attached hydrogens (tertiary/aromatic N) is 1. The molecule has 0 radical (unpaired) electrons. The largest absolute Gasteiger partial charge is 0.494 e. The van der Waals surface area contributed by atoms with Crippen molar-refractivity contribution in [3.05, 3.63) is 77.2 Å². The molecule has 9 heteroatoms. The van der Waals surface area contributed by atoms with Gasteiger partial charge < -0.3 is 29.6 Å². The predicted molar refractivity (Wildman–Crippen MR) is 166 cm³/mol. The zero-order valence-corrected chi connectivity index (χ0v) is 25.3. The zero-order chi connectivity index (χ0) is 31.1. The highest BCUT2D eigenvalue weighted by Crippen LogP contribution is 2.42. The summed E-state index contributed by atoms with van der Waals surface area (Å²) in [5, 5.41) is 21.9. The fourth-order valence-electron chi connectivity index (χ4n) is 6.63. The number of carboxylic acids is 2. The van der Waals surface area contributed by atoms with Gasteiger partial charge >= 0.3 is 11.9 Å².